The number of para-hydroxylation sites is 1. The average molecular weight is 270 g/mol. The molecule has 1 aromatic carbocycles. The van der Waals surface area contributed by atoms with Gasteiger partial charge in [-0.2, -0.15) is 0 Å². The second-order valence-electron chi connectivity index (χ2n) is 3.39. The number of nitrogens with zero attached hydrogens (tertiary/aromatic N) is 1. The zero-order valence-corrected chi connectivity index (χ0v) is 9.87. The lowest BCUT2D eigenvalue weighted by Crippen LogP contribution is -2.37. The number of carbonyl (C=O) groups is 1. The fourth-order valence-electron chi connectivity index (χ4n) is 1.75. The summed E-state index contributed by atoms with van der Waals surface area (Å²) < 4.78 is 6.26. The van der Waals surface area contributed by atoms with Crippen LogP contribution in [0, 0.1) is 0 Å². The van der Waals surface area contributed by atoms with Crippen LogP contribution in [-0.2, 0) is 4.74 Å². The molecule has 0 saturated carbocycles. The van der Waals surface area contributed by atoms with Gasteiger partial charge >= 0.3 is 0 Å². The minimum Gasteiger partial charge on any atom is -0.378 e. The Kier molecular flexibility index (Phi) is 3.38. The van der Waals surface area contributed by atoms with E-state index >= 15 is 0 Å². The Hall–Kier alpha value is -0.870. The van der Waals surface area contributed by atoms with E-state index in [0.29, 0.717) is 0 Å². The number of ether oxygens (including phenoxy) is 1. The number of hydrogen-bond acceptors (Lipinski definition) is 3. The highest BCUT2D eigenvalue weighted by Gasteiger charge is 2.16. The molecule has 3 nitrogen and oxygen atoms in total. The Morgan fingerprint density at radius 2 is 2.07 bits per heavy atom. The number of morpholine rings is 1. The van der Waals surface area contributed by atoms with Gasteiger partial charge < -0.3 is 9.64 Å². The van der Waals surface area contributed by atoms with Gasteiger partial charge in [0.2, 0.25) is 0 Å². The van der Waals surface area contributed by atoms with Gasteiger partial charge in [0.1, 0.15) is 0 Å². The number of rotatable bonds is 2. The van der Waals surface area contributed by atoms with E-state index in [4.69, 9.17) is 4.74 Å². The first-order valence-electron chi connectivity index (χ1n) is 4.89. The maximum absolute atomic E-state index is 10.9. The van der Waals surface area contributed by atoms with Gasteiger partial charge in [0, 0.05) is 23.1 Å². The number of halogens is 1. The molecule has 0 spiro atoms. The molecule has 4 heteroatoms. The Morgan fingerprint density at radius 1 is 1.33 bits per heavy atom. The van der Waals surface area contributed by atoms with E-state index < -0.39 is 0 Å². The first kappa shape index (κ1) is 10.6. The molecule has 0 atom stereocenters. The topological polar surface area (TPSA) is 29.5 Å². The molecule has 0 radical (unpaired) electrons. The average Bonchev–Trinajstić information content (AvgIpc) is 2.29. The number of hydrogen-bond donors (Lipinski definition) is 0. The third-order valence-corrected chi connectivity index (χ3v) is 3.11. The Morgan fingerprint density at radius 3 is 2.73 bits per heavy atom. The van der Waals surface area contributed by atoms with Crippen molar-refractivity contribution in [2.24, 2.45) is 0 Å². The van der Waals surface area contributed by atoms with Crippen molar-refractivity contribution in [3.8, 4) is 0 Å². The highest BCUT2D eigenvalue weighted by atomic mass is 79.9. The summed E-state index contributed by atoms with van der Waals surface area (Å²) in [7, 11) is 0. The minimum absolute atomic E-state index is 0.722. The van der Waals surface area contributed by atoms with Gasteiger partial charge in [-0.05, 0) is 28.1 Å². The van der Waals surface area contributed by atoms with Crippen molar-refractivity contribution in [3.05, 3.63) is 28.2 Å². The van der Waals surface area contributed by atoms with Crippen LogP contribution in [0.3, 0.4) is 0 Å². The van der Waals surface area contributed by atoms with Crippen molar-refractivity contribution < 1.29 is 9.53 Å². The third-order valence-electron chi connectivity index (χ3n) is 2.47. The molecule has 0 aliphatic carbocycles. The van der Waals surface area contributed by atoms with E-state index in [1.165, 1.54) is 0 Å². The number of benzene rings is 1. The highest BCUT2D eigenvalue weighted by molar-refractivity contribution is 9.10. The van der Waals surface area contributed by atoms with Crippen LogP contribution in [0.2, 0.25) is 0 Å². The van der Waals surface area contributed by atoms with E-state index in [0.717, 1.165) is 48.3 Å². The monoisotopic (exact) mass is 269 g/mol. The van der Waals surface area contributed by atoms with E-state index in [9.17, 15) is 4.79 Å². The minimum atomic E-state index is 0.722. The van der Waals surface area contributed by atoms with Gasteiger partial charge in [0.05, 0.1) is 18.9 Å². The Labute approximate surface area is 97.2 Å². The van der Waals surface area contributed by atoms with E-state index in [1.807, 2.05) is 18.2 Å². The molecular formula is C11H12BrNO2. The molecule has 1 aliphatic rings. The molecule has 1 aromatic rings. The van der Waals surface area contributed by atoms with Crippen molar-refractivity contribution in [1.29, 1.82) is 0 Å². The molecule has 0 bridgehead atoms. The number of carbonyl (C=O) groups excluding carboxylic acids is 1. The zero-order valence-electron chi connectivity index (χ0n) is 8.28. The largest absolute Gasteiger partial charge is 0.378 e. The third kappa shape index (κ3) is 2.21. The van der Waals surface area contributed by atoms with Gasteiger partial charge in [0.15, 0.2) is 6.29 Å². The van der Waals surface area contributed by atoms with E-state index in [1.54, 1.807) is 0 Å². The van der Waals surface area contributed by atoms with Crippen LogP contribution in [0.15, 0.2) is 22.7 Å². The summed E-state index contributed by atoms with van der Waals surface area (Å²) in [5.41, 5.74) is 1.71. The molecule has 0 aromatic heterocycles. The van der Waals surface area contributed by atoms with Crippen LogP contribution in [0.1, 0.15) is 10.4 Å². The standard InChI is InChI=1S/C11H12BrNO2/c12-10-3-1-2-9(8-14)11(10)13-4-6-15-7-5-13/h1-3,8H,4-7H2. The van der Waals surface area contributed by atoms with Gasteiger partial charge in [-0.15, -0.1) is 0 Å². The first-order chi connectivity index (χ1) is 7.33. The molecule has 0 amide bonds. The smallest absolute Gasteiger partial charge is 0.152 e. The SMILES string of the molecule is O=Cc1cccc(Br)c1N1CCOCC1. The molecule has 0 unspecified atom stereocenters. The van der Waals surface area contributed by atoms with Crippen molar-refractivity contribution in [1.82, 2.24) is 0 Å². The maximum atomic E-state index is 10.9. The lowest BCUT2D eigenvalue weighted by atomic mass is 10.1. The second-order valence-corrected chi connectivity index (χ2v) is 4.25. The maximum Gasteiger partial charge on any atom is 0.152 e. The van der Waals surface area contributed by atoms with Crippen molar-refractivity contribution in [2.45, 2.75) is 0 Å². The van der Waals surface area contributed by atoms with Crippen LogP contribution in [0.25, 0.3) is 0 Å². The molecular weight excluding hydrogens is 258 g/mol. The fraction of sp³-hybridized carbons (Fsp3) is 0.364. The fourth-order valence-corrected chi connectivity index (χ4v) is 2.38. The summed E-state index contributed by atoms with van der Waals surface area (Å²) in [5.74, 6) is 0. The Bertz CT molecular complexity index is 362. The van der Waals surface area contributed by atoms with Crippen LogP contribution in [0.5, 0.6) is 0 Å². The van der Waals surface area contributed by atoms with Crippen LogP contribution in [0.4, 0.5) is 5.69 Å². The quantitative estimate of drug-likeness (QED) is 0.771. The number of aldehydes is 1. The van der Waals surface area contributed by atoms with Crippen molar-refractivity contribution in [2.75, 3.05) is 31.2 Å². The molecule has 0 N–H and O–H groups in total. The molecule has 15 heavy (non-hydrogen) atoms. The predicted octanol–water partition coefficient (Wildman–Crippen LogP) is 2.10. The van der Waals surface area contributed by atoms with Gasteiger partial charge in [-0.3, -0.25) is 4.79 Å². The zero-order chi connectivity index (χ0) is 10.7. The predicted molar refractivity (Wildman–Crippen MR) is 62.6 cm³/mol. The van der Waals surface area contributed by atoms with Gasteiger partial charge in [-0.1, -0.05) is 6.07 Å². The first-order valence-corrected chi connectivity index (χ1v) is 5.68. The second kappa shape index (κ2) is 4.77. The summed E-state index contributed by atoms with van der Waals surface area (Å²) in [5, 5.41) is 0. The van der Waals surface area contributed by atoms with Crippen LogP contribution in [-0.4, -0.2) is 32.6 Å². The highest BCUT2D eigenvalue weighted by Crippen LogP contribution is 2.29. The van der Waals surface area contributed by atoms with Gasteiger partial charge in [0.25, 0.3) is 0 Å². The Balaban J connectivity index is 2.35. The molecule has 1 fully saturated rings. The van der Waals surface area contributed by atoms with Crippen molar-refractivity contribution in [3.63, 3.8) is 0 Å². The van der Waals surface area contributed by atoms with Crippen LogP contribution >= 0.6 is 15.9 Å². The number of anilines is 1. The lowest BCUT2D eigenvalue weighted by molar-refractivity contribution is 0.111. The van der Waals surface area contributed by atoms with Crippen LogP contribution < -0.4 is 4.90 Å². The summed E-state index contributed by atoms with van der Waals surface area (Å²) in [6.07, 6.45) is 0.898. The molecule has 80 valence electrons. The van der Waals surface area contributed by atoms with Gasteiger partial charge in [-0.25, -0.2) is 0 Å². The van der Waals surface area contributed by atoms with E-state index in [-0.39, 0.29) is 0 Å². The summed E-state index contributed by atoms with van der Waals surface area (Å²) in [4.78, 5) is 13.1. The summed E-state index contributed by atoms with van der Waals surface area (Å²) in [6.45, 7) is 3.12. The molecule has 2 rings (SSSR count). The molecule has 1 saturated heterocycles. The molecule has 1 aliphatic heterocycles. The summed E-state index contributed by atoms with van der Waals surface area (Å²) in [6, 6.07) is 5.66. The van der Waals surface area contributed by atoms with Crippen molar-refractivity contribution >= 4 is 27.9 Å². The molecule has 1 heterocycles. The van der Waals surface area contributed by atoms with E-state index in [2.05, 4.69) is 20.8 Å². The normalized spacial score (nSPS) is 16.5. The summed E-state index contributed by atoms with van der Waals surface area (Å²) >= 11 is 3.48. The lowest BCUT2D eigenvalue weighted by Gasteiger charge is -2.30.